The number of pyridine rings is 2. The zero-order valence-corrected chi connectivity index (χ0v) is 21.7. The molecular formula is C30H27N7O3. The molecule has 200 valence electrons. The van der Waals surface area contributed by atoms with Crippen molar-refractivity contribution in [3.05, 3.63) is 107 Å². The number of para-hydroxylation sites is 1. The third-order valence-electron chi connectivity index (χ3n) is 7.21. The second-order valence-electron chi connectivity index (χ2n) is 9.86. The number of nitrogens with one attached hydrogen (secondary N) is 2. The predicted molar refractivity (Wildman–Crippen MR) is 151 cm³/mol. The van der Waals surface area contributed by atoms with Gasteiger partial charge in [-0.3, -0.25) is 9.78 Å². The topological polar surface area (TPSA) is 110 Å². The Morgan fingerprint density at radius 2 is 1.88 bits per heavy atom. The maximum Gasteiger partial charge on any atom is 0.250 e. The van der Waals surface area contributed by atoms with Crippen molar-refractivity contribution in [2.75, 3.05) is 36.5 Å². The Morgan fingerprint density at radius 3 is 2.75 bits per heavy atom. The van der Waals surface area contributed by atoms with E-state index < -0.39 is 0 Å². The highest BCUT2D eigenvalue weighted by Gasteiger charge is 2.22. The number of fused-ring (bicyclic) bond motifs is 2. The molecule has 0 atom stereocenters. The van der Waals surface area contributed by atoms with Crippen LogP contribution in [0, 0.1) is 0 Å². The van der Waals surface area contributed by atoms with Gasteiger partial charge in [0, 0.05) is 60.8 Å². The molecule has 3 aromatic heterocycles. The number of aromatic nitrogens is 5. The summed E-state index contributed by atoms with van der Waals surface area (Å²) in [6, 6.07) is 17.9. The molecule has 0 saturated carbocycles. The van der Waals surface area contributed by atoms with Crippen molar-refractivity contribution in [2.45, 2.75) is 13.0 Å². The Hall–Kier alpha value is -4.96. The van der Waals surface area contributed by atoms with Gasteiger partial charge in [0.05, 0.1) is 30.8 Å². The number of rotatable bonds is 6. The molecule has 0 aliphatic carbocycles. The number of benzene rings is 2. The van der Waals surface area contributed by atoms with Gasteiger partial charge in [-0.25, -0.2) is 9.67 Å². The Balaban J connectivity index is 1.11. The highest BCUT2D eigenvalue weighted by Crippen LogP contribution is 2.43. The Kier molecular flexibility index (Phi) is 6.21. The van der Waals surface area contributed by atoms with Crippen LogP contribution < -0.4 is 20.5 Å². The van der Waals surface area contributed by atoms with Gasteiger partial charge in [0.25, 0.3) is 0 Å². The smallest absolute Gasteiger partial charge is 0.250 e. The summed E-state index contributed by atoms with van der Waals surface area (Å²) in [7, 11) is 0. The molecule has 0 radical (unpaired) electrons. The number of morpholine rings is 1. The number of anilines is 2. The van der Waals surface area contributed by atoms with Crippen molar-refractivity contribution in [3.63, 3.8) is 0 Å². The lowest BCUT2D eigenvalue weighted by molar-refractivity contribution is 0.122. The fourth-order valence-corrected chi connectivity index (χ4v) is 5.22. The van der Waals surface area contributed by atoms with E-state index in [4.69, 9.17) is 9.47 Å². The number of nitrogens with zero attached hydrogens (tertiary/aromatic N) is 5. The number of H-pyrrole nitrogens is 1. The van der Waals surface area contributed by atoms with Crippen LogP contribution in [0.4, 0.5) is 11.4 Å². The Bertz CT molecular complexity index is 1730. The molecule has 2 N–H and O–H groups in total. The van der Waals surface area contributed by atoms with Crippen molar-refractivity contribution in [1.29, 1.82) is 0 Å². The average molecular weight is 534 g/mol. The van der Waals surface area contributed by atoms with Crippen molar-refractivity contribution in [2.24, 2.45) is 0 Å². The number of aromatic amines is 1. The summed E-state index contributed by atoms with van der Waals surface area (Å²) >= 11 is 0. The molecule has 5 heterocycles. The lowest BCUT2D eigenvalue weighted by Gasteiger charge is -2.29. The second kappa shape index (κ2) is 10.3. The molecule has 10 heteroatoms. The van der Waals surface area contributed by atoms with E-state index in [0.29, 0.717) is 19.8 Å². The van der Waals surface area contributed by atoms with E-state index in [1.165, 1.54) is 6.33 Å². The molecule has 0 amide bonds. The van der Waals surface area contributed by atoms with Crippen LogP contribution in [0.25, 0.3) is 16.9 Å². The molecule has 2 aliphatic rings. The van der Waals surface area contributed by atoms with Gasteiger partial charge in [-0.15, -0.1) is 0 Å². The van der Waals surface area contributed by atoms with Gasteiger partial charge in [0.2, 0.25) is 5.56 Å². The van der Waals surface area contributed by atoms with Crippen LogP contribution in [0.5, 0.6) is 11.5 Å². The fourth-order valence-electron chi connectivity index (χ4n) is 5.22. The fraction of sp³-hybridized carbons (Fsp3) is 0.200. The van der Waals surface area contributed by atoms with Gasteiger partial charge in [-0.05, 0) is 47.5 Å². The Labute approximate surface area is 230 Å². The van der Waals surface area contributed by atoms with E-state index in [-0.39, 0.29) is 5.56 Å². The summed E-state index contributed by atoms with van der Waals surface area (Å²) in [5.41, 5.74) is 7.44. The molecule has 0 bridgehead atoms. The lowest BCUT2D eigenvalue weighted by atomic mass is 9.96. The third-order valence-corrected chi connectivity index (χ3v) is 7.21. The van der Waals surface area contributed by atoms with E-state index in [9.17, 15) is 4.79 Å². The minimum Gasteiger partial charge on any atom is -0.456 e. The number of ether oxygens (including phenoxy) is 2. The first-order valence-corrected chi connectivity index (χ1v) is 13.2. The first kappa shape index (κ1) is 24.1. The van der Waals surface area contributed by atoms with E-state index in [2.05, 4.69) is 42.4 Å². The first-order valence-electron chi connectivity index (χ1n) is 13.2. The minimum atomic E-state index is -0.134. The standard InChI is InChI=1S/C30H27N7O3/c38-29-14-24(36-6-8-39-9-7-36)13-27(35-29)26-3-1-2-21-11-22-12-23(4-5-28(22)40-30(21)26)33-16-20-10-25(17-31-15-20)37-19-32-18-34-37/h1-5,10,12-15,17-19,33H,6-9,11,16H2,(H,35,38). The molecule has 0 unspecified atom stereocenters. The monoisotopic (exact) mass is 533 g/mol. The van der Waals surface area contributed by atoms with Gasteiger partial charge in [-0.2, -0.15) is 5.10 Å². The highest BCUT2D eigenvalue weighted by molar-refractivity contribution is 5.74. The van der Waals surface area contributed by atoms with E-state index in [1.54, 1.807) is 23.3 Å². The van der Waals surface area contributed by atoms with Crippen molar-refractivity contribution in [3.8, 4) is 28.4 Å². The van der Waals surface area contributed by atoms with Crippen LogP contribution in [-0.4, -0.2) is 51.0 Å². The van der Waals surface area contributed by atoms with Gasteiger partial charge in [0.1, 0.15) is 24.2 Å². The first-order chi connectivity index (χ1) is 19.7. The SMILES string of the molecule is O=c1cc(N2CCOCC2)cc(-c2cccc3c2Oc2ccc(NCc4cncc(-n5cncn5)c4)cc2C3)[nH]1. The average Bonchev–Trinajstić information content (AvgIpc) is 3.54. The van der Waals surface area contributed by atoms with Crippen molar-refractivity contribution in [1.82, 2.24) is 24.7 Å². The molecular weight excluding hydrogens is 506 g/mol. The lowest BCUT2D eigenvalue weighted by Crippen LogP contribution is -2.36. The maximum absolute atomic E-state index is 12.6. The molecule has 7 rings (SSSR count). The summed E-state index contributed by atoms with van der Waals surface area (Å²) < 4.78 is 13.6. The van der Waals surface area contributed by atoms with Crippen LogP contribution in [0.3, 0.4) is 0 Å². The molecule has 1 fully saturated rings. The van der Waals surface area contributed by atoms with Crippen LogP contribution in [0.15, 0.2) is 84.4 Å². The van der Waals surface area contributed by atoms with Crippen LogP contribution in [-0.2, 0) is 17.7 Å². The van der Waals surface area contributed by atoms with Crippen LogP contribution in [0.1, 0.15) is 16.7 Å². The van der Waals surface area contributed by atoms with Gasteiger partial charge >= 0.3 is 0 Å². The van der Waals surface area contributed by atoms with E-state index in [0.717, 1.165) is 76.0 Å². The summed E-state index contributed by atoms with van der Waals surface area (Å²) in [5, 5.41) is 7.67. The van der Waals surface area contributed by atoms with E-state index in [1.807, 2.05) is 42.6 Å². The summed E-state index contributed by atoms with van der Waals surface area (Å²) in [4.78, 5) is 26.1. The largest absolute Gasteiger partial charge is 0.456 e. The molecule has 2 aliphatic heterocycles. The summed E-state index contributed by atoms with van der Waals surface area (Å²) in [6.45, 7) is 3.46. The van der Waals surface area contributed by atoms with Crippen LogP contribution >= 0.6 is 0 Å². The predicted octanol–water partition coefficient (Wildman–Crippen LogP) is 4.16. The Morgan fingerprint density at radius 1 is 0.950 bits per heavy atom. The van der Waals surface area contributed by atoms with Gasteiger partial charge in [-0.1, -0.05) is 12.1 Å². The highest BCUT2D eigenvalue weighted by atomic mass is 16.5. The third kappa shape index (κ3) is 4.80. The van der Waals surface area contributed by atoms with Crippen molar-refractivity contribution >= 4 is 11.4 Å². The summed E-state index contributed by atoms with van der Waals surface area (Å²) in [5.74, 6) is 1.59. The van der Waals surface area contributed by atoms with Crippen molar-refractivity contribution < 1.29 is 9.47 Å². The zero-order chi connectivity index (χ0) is 26.9. The molecule has 10 nitrogen and oxygen atoms in total. The van der Waals surface area contributed by atoms with Gasteiger partial charge in [0.15, 0.2) is 0 Å². The second-order valence-corrected chi connectivity index (χ2v) is 9.86. The quantitative estimate of drug-likeness (QED) is 0.328. The summed E-state index contributed by atoms with van der Waals surface area (Å²) in [6.07, 6.45) is 7.48. The van der Waals surface area contributed by atoms with E-state index >= 15 is 0 Å². The normalized spacial score (nSPS) is 14.2. The molecule has 1 saturated heterocycles. The molecule has 40 heavy (non-hydrogen) atoms. The number of hydrogen-bond acceptors (Lipinski definition) is 8. The zero-order valence-electron chi connectivity index (χ0n) is 21.7. The number of hydrogen-bond donors (Lipinski definition) is 2. The molecule has 5 aromatic rings. The molecule has 0 spiro atoms. The minimum absolute atomic E-state index is 0.134. The van der Waals surface area contributed by atoms with Crippen LogP contribution in [0.2, 0.25) is 0 Å². The molecule has 2 aromatic carbocycles. The van der Waals surface area contributed by atoms with Gasteiger partial charge < -0.3 is 24.7 Å². The maximum atomic E-state index is 12.6.